The first-order chi connectivity index (χ1) is 16.2. The van der Waals surface area contributed by atoms with Crippen molar-refractivity contribution in [1.29, 1.82) is 0 Å². The highest BCUT2D eigenvalue weighted by molar-refractivity contribution is 7.92. The van der Waals surface area contributed by atoms with Crippen molar-refractivity contribution in [3.8, 4) is 5.75 Å². The lowest BCUT2D eigenvalue weighted by Gasteiger charge is -2.23. The fourth-order valence-electron chi connectivity index (χ4n) is 3.48. The first kappa shape index (κ1) is 25.2. The SMILES string of the molecule is CC(C)c1ccccc1OCCNC(=O)c1ccc(N(Cc2ccccc2F)S(C)(=O)=O)cc1. The zero-order valence-corrected chi connectivity index (χ0v) is 20.3. The average molecular weight is 485 g/mol. The Kier molecular flexibility index (Phi) is 8.28. The standard InChI is InChI=1S/C26H29FN2O4S/c1-19(2)23-9-5-7-11-25(23)33-17-16-28-26(30)20-12-14-22(15-13-20)29(34(3,31)32)18-21-8-4-6-10-24(21)27/h4-15,19H,16-18H2,1-3H3,(H,28,30). The van der Waals surface area contributed by atoms with Crippen LogP contribution in [0.15, 0.2) is 72.8 Å². The van der Waals surface area contributed by atoms with E-state index in [-0.39, 0.29) is 18.0 Å². The van der Waals surface area contributed by atoms with Gasteiger partial charge in [-0.15, -0.1) is 0 Å². The Labute approximate surface area is 200 Å². The fraction of sp³-hybridized carbons (Fsp3) is 0.269. The number of nitrogens with zero attached hydrogens (tertiary/aromatic N) is 1. The molecule has 1 N–H and O–H groups in total. The summed E-state index contributed by atoms with van der Waals surface area (Å²) in [6, 6.07) is 20.0. The Morgan fingerprint density at radius 2 is 1.65 bits per heavy atom. The van der Waals surface area contributed by atoms with Gasteiger partial charge < -0.3 is 10.1 Å². The van der Waals surface area contributed by atoms with Crippen LogP contribution in [0.3, 0.4) is 0 Å². The summed E-state index contributed by atoms with van der Waals surface area (Å²) in [7, 11) is -3.67. The van der Waals surface area contributed by atoms with Gasteiger partial charge in [-0.1, -0.05) is 50.2 Å². The second-order valence-corrected chi connectivity index (χ2v) is 10.1. The Morgan fingerprint density at radius 3 is 2.29 bits per heavy atom. The molecule has 0 aliphatic carbocycles. The number of para-hydroxylation sites is 1. The monoisotopic (exact) mass is 484 g/mol. The molecule has 3 rings (SSSR count). The number of ether oxygens (including phenoxy) is 1. The fourth-order valence-corrected chi connectivity index (χ4v) is 4.36. The van der Waals surface area contributed by atoms with E-state index < -0.39 is 15.8 Å². The van der Waals surface area contributed by atoms with Gasteiger partial charge >= 0.3 is 0 Å². The molecule has 3 aromatic rings. The van der Waals surface area contributed by atoms with Crippen molar-refractivity contribution >= 4 is 21.6 Å². The predicted molar refractivity (Wildman–Crippen MR) is 132 cm³/mol. The van der Waals surface area contributed by atoms with E-state index in [1.54, 1.807) is 24.3 Å². The van der Waals surface area contributed by atoms with Gasteiger partial charge in [-0.25, -0.2) is 12.8 Å². The number of halogens is 1. The van der Waals surface area contributed by atoms with Gasteiger partial charge in [0, 0.05) is 11.1 Å². The Hall–Kier alpha value is -3.39. The van der Waals surface area contributed by atoms with E-state index in [4.69, 9.17) is 4.74 Å². The Balaban J connectivity index is 1.61. The van der Waals surface area contributed by atoms with Gasteiger partial charge in [0.05, 0.1) is 25.0 Å². The maximum atomic E-state index is 14.1. The van der Waals surface area contributed by atoms with Crippen molar-refractivity contribution in [1.82, 2.24) is 5.32 Å². The smallest absolute Gasteiger partial charge is 0.251 e. The molecule has 0 saturated carbocycles. The van der Waals surface area contributed by atoms with Crippen molar-refractivity contribution < 1.29 is 22.3 Å². The molecule has 0 spiro atoms. The molecule has 0 aliphatic heterocycles. The molecule has 8 heteroatoms. The molecule has 34 heavy (non-hydrogen) atoms. The van der Waals surface area contributed by atoms with Crippen LogP contribution in [0.25, 0.3) is 0 Å². The third-order valence-electron chi connectivity index (χ3n) is 5.28. The normalized spacial score (nSPS) is 11.3. The minimum Gasteiger partial charge on any atom is -0.491 e. The van der Waals surface area contributed by atoms with Crippen LogP contribution in [-0.2, 0) is 16.6 Å². The Bertz CT molecular complexity index is 1230. The van der Waals surface area contributed by atoms with Crippen molar-refractivity contribution in [2.45, 2.75) is 26.3 Å². The molecule has 1 amide bonds. The number of carbonyl (C=O) groups is 1. The molecule has 6 nitrogen and oxygen atoms in total. The molecule has 0 saturated heterocycles. The minimum atomic E-state index is -3.67. The molecule has 0 radical (unpaired) electrons. The van der Waals surface area contributed by atoms with E-state index in [1.165, 1.54) is 24.3 Å². The first-order valence-corrected chi connectivity index (χ1v) is 12.8. The molecule has 0 atom stereocenters. The van der Waals surface area contributed by atoms with Gasteiger partial charge in [0.25, 0.3) is 5.91 Å². The van der Waals surface area contributed by atoms with Crippen LogP contribution in [0, 0.1) is 5.82 Å². The second-order valence-electron chi connectivity index (χ2n) is 8.20. The van der Waals surface area contributed by atoms with Crippen LogP contribution < -0.4 is 14.4 Å². The summed E-state index contributed by atoms with van der Waals surface area (Å²) in [6.45, 7) is 4.67. The summed E-state index contributed by atoms with van der Waals surface area (Å²) < 4.78 is 45.6. The molecule has 0 bridgehead atoms. The summed E-state index contributed by atoms with van der Waals surface area (Å²) in [6.07, 6.45) is 1.06. The number of rotatable bonds is 10. The third kappa shape index (κ3) is 6.57. The van der Waals surface area contributed by atoms with Crippen LogP contribution in [0.2, 0.25) is 0 Å². The molecule has 0 aliphatic rings. The van der Waals surface area contributed by atoms with Crippen LogP contribution in [-0.4, -0.2) is 33.7 Å². The van der Waals surface area contributed by atoms with Gasteiger partial charge in [-0.05, 0) is 47.9 Å². The summed E-state index contributed by atoms with van der Waals surface area (Å²) in [4.78, 5) is 12.5. The number of sulfonamides is 1. The number of nitrogens with one attached hydrogen (secondary N) is 1. The zero-order chi connectivity index (χ0) is 24.7. The molecule has 0 heterocycles. The topological polar surface area (TPSA) is 75.7 Å². The largest absolute Gasteiger partial charge is 0.491 e. The maximum absolute atomic E-state index is 14.1. The van der Waals surface area contributed by atoms with E-state index in [0.717, 1.165) is 21.9 Å². The highest BCUT2D eigenvalue weighted by atomic mass is 32.2. The minimum absolute atomic E-state index is 0.147. The highest BCUT2D eigenvalue weighted by Gasteiger charge is 2.20. The predicted octanol–water partition coefficient (Wildman–Crippen LogP) is 4.72. The van der Waals surface area contributed by atoms with Gasteiger partial charge in [-0.3, -0.25) is 9.10 Å². The van der Waals surface area contributed by atoms with Crippen molar-refractivity contribution in [3.05, 3.63) is 95.3 Å². The summed E-state index contributed by atoms with van der Waals surface area (Å²) in [5.74, 6) is 0.346. The highest BCUT2D eigenvalue weighted by Crippen LogP contribution is 2.26. The first-order valence-electron chi connectivity index (χ1n) is 11.0. The lowest BCUT2D eigenvalue weighted by atomic mass is 10.0. The van der Waals surface area contributed by atoms with Gasteiger partial charge in [0.15, 0.2) is 0 Å². The zero-order valence-electron chi connectivity index (χ0n) is 19.5. The third-order valence-corrected chi connectivity index (χ3v) is 6.42. The summed E-state index contributed by atoms with van der Waals surface area (Å²) >= 11 is 0. The van der Waals surface area contributed by atoms with Gasteiger partial charge in [-0.2, -0.15) is 0 Å². The maximum Gasteiger partial charge on any atom is 0.251 e. The summed E-state index contributed by atoms with van der Waals surface area (Å²) in [5.41, 5.74) is 2.09. The van der Waals surface area contributed by atoms with Crippen molar-refractivity contribution in [2.75, 3.05) is 23.7 Å². The van der Waals surface area contributed by atoms with E-state index in [0.29, 0.717) is 30.3 Å². The van der Waals surface area contributed by atoms with Gasteiger partial charge in [0.1, 0.15) is 18.2 Å². The van der Waals surface area contributed by atoms with Crippen LogP contribution >= 0.6 is 0 Å². The van der Waals surface area contributed by atoms with Crippen LogP contribution in [0.4, 0.5) is 10.1 Å². The molecule has 0 fully saturated rings. The molecule has 180 valence electrons. The van der Waals surface area contributed by atoms with E-state index in [2.05, 4.69) is 19.2 Å². The van der Waals surface area contributed by atoms with Crippen LogP contribution in [0.5, 0.6) is 5.75 Å². The number of hydrogen-bond acceptors (Lipinski definition) is 4. The second kappa shape index (κ2) is 11.2. The number of amides is 1. The summed E-state index contributed by atoms with van der Waals surface area (Å²) in [5, 5.41) is 2.80. The van der Waals surface area contributed by atoms with Crippen molar-refractivity contribution in [2.24, 2.45) is 0 Å². The van der Waals surface area contributed by atoms with E-state index in [1.807, 2.05) is 24.3 Å². The molecular weight excluding hydrogens is 455 g/mol. The number of anilines is 1. The molecule has 3 aromatic carbocycles. The molecular formula is C26H29FN2O4S. The lowest BCUT2D eigenvalue weighted by molar-refractivity contribution is 0.0947. The van der Waals surface area contributed by atoms with Crippen LogP contribution in [0.1, 0.15) is 41.3 Å². The Morgan fingerprint density at radius 1 is 1.00 bits per heavy atom. The van der Waals surface area contributed by atoms with Crippen molar-refractivity contribution in [3.63, 3.8) is 0 Å². The molecule has 0 aromatic heterocycles. The number of hydrogen-bond donors (Lipinski definition) is 1. The van der Waals surface area contributed by atoms with Gasteiger partial charge in [0.2, 0.25) is 10.0 Å². The number of benzene rings is 3. The lowest BCUT2D eigenvalue weighted by Crippen LogP contribution is -2.30. The van der Waals surface area contributed by atoms with E-state index in [9.17, 15) is 17.6 Å². The number of carbonyl (C=O) groups excluding carboxylic acids is 1. The van der Waals surface area contributed by atoms with E-state index >= 15 is 0 Å². The molecule has 0 unspecified atom stereocenters. The average Bonchev–Trinajstić information content (AvgIpc) is 2.80. The quantitative estimate of drug-likeness (QED) is 0.423.